The molecule has 1 aliphatic heterocycles. The second-order valence-electron chi connectivity index (χ2n) is 6.33. The van der Waals surface area contributed by atoms with E-state index in [0.717, 1.165) is 24.1 Å². The molecule has 3 rings (SSSR count). The van der Waals surface area contributed by atoms with Crippen molar-refractivity contribution in [2.45, 2.75) is 26.2 Å². The fourth-order valence-electron chi connectivity index (χ4n) is 3.07. The van der Waals surface area contributed by atoms with E-state index in [0.29, 0.717) is 24.2 Å². The molecule has 2 aromatic carbocycles. The summed E-state index contributed by atoms with van der Waals surface area (Å²) in [7, 11) is 0. The predicted octanol–water partition coefficient (Wildman–Crippen LogP) is 3.17. The van der Waals surface area contributed by atoms with E-state index in [1.54, 1.807) is 29.2 Å². The van der Waals surface area contributed by atoms with E-state index in [2.05, 4.69) is 5.32 Å². The maximum atomic E-state index is 12.3. The Labute approximate surface area is 158 Å². The predicted molar refractivity (Wildman–Crippen MR) is 103 cm³/mol. The molecule has 0 radical (unpaired) electrons. The van der Waals surface area contributed by atoms with Gasteiger partial charge in [0.1, 0.15) is 0 Å². The van der Waals surface area contributed by atoms with E-state index >= 15 is 0 Å². The minimum Gasteiger partial charge on any atom is -0.452 e. The highest BCUT2D eigenvalue weighted by Gasteiger charge is 2.22. The second-order valence-corrected chi connectivity index (χ2v) is 6.33. The Balaban J connectivity index is 1.59. The number of para-hydroxylation sites is 1. The number of nitrogens with zero attached hydrogens (tertiary/aromatic N) is 1. The smallest absolute Gasteiger partial charge is 0.338 e. The van der Waals surface area contributed by atoms with Crippen molar-refractivity contribution in [1.29, 1.82) is 0 Å². The molecule has 0 aromatic heterocycles. The number of amides is 2. The molecule has 1 fully saturated rings. The summed E-state index contributed by atoms with van der Waals surface area (Å²) in [5.41, 5.74) is 2.72. The zero-order chi connectivity index (χ0) is 19.2. The van der Waals surface area contributed by atoms with Crippen LogP contribution in [0.4, 0.5) is 11.4 Å². The molecule has 0 bridgehead atoms. The molecule has 0 aliphatic carbocycles. The number of esters is 1. The molecule has 0 unspecified atom stereocenters. The molecule has 1 saturated heterocycles. The third kappa shape index (κ3) is 4.53. The maximum Gasteiger partial charge on any atom is 0.338 e. The van der Waals surface area contributed by atoms with Gasteiger partial charge in [-0.05, 0) is 42.7 Å². The van der Waals surface area contributed by atoms with Crippen molar-refractivity contribution in [1.82, 2.24) is 0 Å². The molecule has 27 heavy (non-hydrogen) atoms. The van der Waals surface area contributed by atoms with Crippen LogP contribution in [0.5, 0.6) is 0 Å². The number of ether oxygens (including phenoxy) is 1. The number of carbonyl (C=O) groups excluding carboxylic acids is 3. The molecule has 140 valence electrons. The quantitative estimate of drug-likeness (QED) is 0.797. The average Bonchev–Trinajstić information content (AvgIpc) is 3.12. The minimum atomic E-state index is -0.595. The van der Waals surface area contributed by atoms with Crippen LogP contribution >= 0.6 is 0 Å². The lowest BCUT2D eigenvalue weighted by atomic mass is 10.1. The topological polar surface area (TPSA) is 75.7 Å². The van der Waals surface area contributed by atoms with E-state index in [9.17, 15) is 14.4 Å². The van der Waals surface area contributed by atoms with Gasteiger partial charge in [0.05, 0.1) is 5.56 Å². The first-order chi connectivity index (χ1) is 13.1. The normalized spacial score (nSPS) is 13.5. The summed E-state index contributed by atoms with van der Waals surface area (Å²) in [6, 6.07) is 14.2. The number of anilines is 2. The first-order valence-electron chi connectivity index (χ1n) is 9.04. The maximum absolute atomic E-state index is 12.3. The van der Waals surface area contributed by atoms with Crippen LogP contribution < -0.4 is 10.2 Å². The summed E-state index contributed by atoms with van der Waals surface area (Å²) < 4.78 is 5.13. The van der Waals surface area contributed by atoms with Gasteiger partial charge in [-0.25, -0.2) is 4.79 Å². The van der Waals surface area contributed by atoms with Gasteiger partial charge in [0, 0.05) is 24.3 Å². The van der Waals surface area contributed by atoms with Crippen LogP contribution in [0.2, 0.25) is 0 Å². The van der Waals surface area contributed by atoms with Gasteiger partial charge >= 0.3 is 5.97 Å². The lowest BCUT2D eigenvalue weighted by Crippen LogP contribution is -2.24. The van der Waals surface area contributed by atoms with Crippen LogP contribution in [0, 0.1) is 0 Å². The van der Waals surface area contributed by atoms with E-state index in [1.165, 1.54) is 0 Å². The molecule has 1 N–H and O–H groups in total. The fraction of sp³-hybridized carbons (Fsp3) is 0.286. The zero-order valence-corrected chi connectivity index (χ0v) is 15.2. The van der Waals surface area contributed by atoms with Crippen molar-refractivity contribution < 1.29 is 19.1 Å². The summed E-state index contributed by atoms with van der Waals surface area (Å²) in [5.74, 6) is -0.938. The highest BCUT2D eigenvalue weighted by molar-refractivity contribution is 5.98. The largest absolute Gasteiger partial charge is 0.452 e. The van der Waals surface area contributed by atoms with Crippen LogP contribution in [0.25, 0.3) is 0 Å². The van der Waals surface area contributed by atoms with Crippen molar-refractivity contribution in [2.24, 2.45) is 0 Å². The number of benzene rings is 2. The number of hydrogen-bond acceptors (Lipinski definition) is 4. The molecule has 6 heteroatoms. The van der Waals surface area contributed by atoms with Crippen molar-refractivity contribution >= 4 is 29.2 Å². The summed E-state index contributed by atoms with van der Waals surface area (Å²) in [6.45, 7) is 2.28. The standard InChI is InChI=1S/C21H22N2O4/c1-2-15-7-3-4-10-18(15)22-19(24)14-27-21(26)16-8-5-9-17(13-16)23-12-6-11-20(23)25/h3-5,7-10,13H,2,6,11-12,14H2,1H3,(H,22,24). The molecular formula is C21H22N2O4. The van der Waals surface area contributed by atoms with Crippen molar-refractivity contribution in [3.8, 4) is 0 Å². The van der Waals surface area contributed by atoms with Gasteiger partial charge in [-0.3, -0.25) is 9.59 Å². The Hall–Kier alpha value is -3.15. The van der Waals surface area contributed by atoms with Gasteiger partial charge < -0.3 is 15.0 Å². The van der Waals surface area contributed by atoms with Gasteiger partial charge in [0.25, 0.3) is 5.91 Å². The summed E-state index contributed by atoms with van der Waals surface area (Å²) in [6.07, 6.45) is 2.12. The number of nitrogens with one attached hydrogen (secondary N) is 1. The molecule has 1 aliphatic rings. The molecule has 2 amide bonds. The van der Waals surface area contributed by atoms with E-state index in [1.807, 2.05) is 31.2 Å². The van der Waals surface area contributed by atoms with E-state index < -0.39 is 11.9 Å². The highest BCUT2D eigenvalue weighted by atomic mass is 16.5. The van der Waals surface area contributed by atoms with Crippen molar-refractivity contribution in [3.05, 3.63) is 59.7 Å². The lowest BCUT2D eigenvalue weighted by molar-refractivity contribution is -0.119. The van der Waals surface area contributed by atoms with Gasteiger partial charge in [-0.2, -0.15) is 0 Å². The highest BCUT2D eigenvalue weighted by Crippen LogP contribution is 2.22. The van der Waals surface area contributed by atoms with Gasteiger partial charge in [0.2, 0.25) is 5.91 Å². The van der Waals surface area contributed by atoms with Crippen molar-refractivity contribution in [3.63, 3.8) is 0 Å². The minimum absolute atomic E-state index is 0.0504. The summed E-state index contributed by atoms with van der Waals surface area (Å²) in [4.78, 5) is 37.9. The molecule has 0 spiro atoms. The van der Waals surface area contributed by atoms with Crippen LogP contribution in [0.15, 0.2) is 48.5 Å². The average molecular weight is 366 g/mol. The third-order valence-corrected chi connectivity index (χ3v) is 4.47. The second kappa shape index (κ2) is 8.49. The number of rotatable bonds is 6. The molecule has 0 saturated carbocycles. The number of aryl methyl sites for hydroxylation is 1. The molecule has 2 aromatic rings. The van der Waals surface area contributed by atoms with Gasteiger partial charge in [-0.15, -0.1) is 0 Å². The number of hydrogen-bond donors (Lipinski definition) is 1. The lowest BCUT2D eigenvalue weighted by Gasteiger charge is -2.16. The van der Waals surface area contributed by atoms with Crippen LogP contribution in [0.1, 0.15) is 35.7 Å². The third-order valence-electron chi connectivity index (χ3n) is 4.47. The Morgan fingerprint density at radius 2 is 1.96 bits per heavy atom. The SMILES string of the molecule is CCc1ccccc1NC(=O)COC(=O)c1cccc(N2CCCC2=O)c1. The molecular weight excluding hydrogens is 344 g/mol. The Morgan fingerprint density at radius 1 is 1.15 bits per heavy atom. The Kier molecular flexibility index (Phi) is 5.86. The van der Waals surface area contributed by atoms with Gasteiger partial charge in [-0.1, -0.05) is 31.2 Å². The molecule has 0 atom stereocenters. The molecule has 1 heterocycles. The first-order valence-corrected chi connectivity index (χ1v) is 9.04. The number of carbonyl (C=O) groups is 3. The fourth-order valence-corrected chi connectivity index (χ4v) is 3.07. The summed E-state index contributed by atoms with van der Waals surface area (Å²) >= 11 is 0. The van der Waals surface area contributed by atoms with Gasteiger partial charge in [0.15, 0.2) is 6.61 Å². The Morgan fingerprint density at radius 3 is 2.70 bits per heavy atom. The van der Waals surface area contributed by atoms with E-state index in [4.69, 9.17) is 4.74 Å². The Bertz CT molecular complexity index is 863. The zero-order valence-electron chi connectivity index (χ0n) is 15.2. The van der Waals surface area contributed by atoms with Crippen molar-refractivity contribution in [2.75, 3.05) is 23.4 Å². The first kappa shape index (κ1) is 18.6. The monoisotopic (exact) mass is 366 g/mol. The molecule has 6 nitrogen and oxygen atoms in total. The van der Waals surface area contributed by atoms with Crippen LogP contribution in [-0.4, -0.2) is 30.9 Å². The summed E-state index contributed by atoms with van der Waals surface area (Å²) in [5, 5.41) is 2.76. The van der Waals surface area contributed by atoms with Crippen LogP contribution in [0.3, 0.4) is 0 Å². The van der Waals surface area contributed by atoms with Crippen LogP contribution in [-0.2, 0) is 20.7 Å². The van der Waals surface area contributed by atoms with E-state index in [-0.39, 0.29) is 12.5 Å².